The molecule has 1 unspecified atom stereocenters. The van der Waals surface area contributed by atoms with Gasteiger partial charge in [0.25, 0.3) is 0 Å². The number of hydrogen-bond acceptors (Lipinski definition) is 6. The Labute approximate surface area is 207 Å². The molecule has 4 heterocycles. The Kier molecular flexibility index (Phi) is 4.78. The van der Waals surface area contributed by atoms with Crippen molar-refractivity contribution in [3.8, 4) is 11.8 Å². The molecule has 8 nitrogen and oxygen atoms in total. The van der Waals surface area contributed by atoms with Crippen LogP contribution >= 0.6 is 0 Å². The number of fused-ring (bicyclic) bond motifs is 12. The number of anilines is 2. The van der Waals surface area contributed by atoms with Crippen LogP contribution in [0.1, 0.15) is 73.0 Å². The summed E-state index contributed by atoms with van der Waals surface area (Å²) < 4.78 is 17.0. The van der Waals surface area contributed by atoms with Gasteiger partial charge in [0.05, 0.1) is 5.56 Å². The van der Waals surface area contributed by atoms with Crippen LogP contribution in [0.25, 0.3) is 5.52 Å². The minimum absolute atomic E-state index is 0.00123. The Morgan fingerprint density at radius 3 is 2.92 bits per heavy atom. The molecule has 1 saturated heterocycles. The molecule has 182 valence electrons. The predicted molar refractivity (Wildman–Crippen MR) is 133 cm³/mol. The summed E-state index contributed by atoms with van der Waals surface area (Å²) in [7, 11) is 0. The molecule has 2 aromatic heterocycles. The number of rotatable bonds is 2. The number of allylic oxidation sites excluding steroid dienone is 1. The number of nitrogens with two attached hydrogens (primary N) is 1. The van der Waals surface area contributed by atoms with E-state index in [0.717, 1.165) is 55.3 Å². The SMILES string of the molecule is Nc1ncnn2c3nc(c12)C#Cc1cc(c(NC2CC2)cc1F)C1CCC/C1=C\C(=O)N1CC[C@H]3C1. The van der Waals surface area contributed by atoms with Gasteiger partial charge in [0.1, 0.15) is 29.2 Å². The second-order valence-electron chi connectivity index (χ2n) is 10.2. The first-order chi connectivity index (χ1) is 17.5. The lowest BCUT2D eigenvalue weighted by Gasteiger charge is -2.20. The Balaban J connectivity index is 1.44. The summed E-state index contributed by atoms with van der Waals surface area (Å²) in [6.45, 7) is 1.21. The molecule has 3 aromatic rings. The first kappa shape index (κ1) is 21.4. The van der Waals surface area contributed by atoms with Gasteiger partial charge in [-0.3, -0.25) is 4.79 Å². The molecule has 2 aliphatic heterocycles. The molecule has 0 radical (unpaired) electrons. The van der Waals surface area contributed by atoms with Crippen LogP contribution in [0.4, 0.5) is 15.9 Å². The van der Waals surface area contributed by atoms with Gasteiger partial charge in [-0.05, 0) is 62.1 Å². The number of halogens is 1. The number of imidazole rings is 1. The molecule has 7 rings (SSSR count). The molecular weight excluding hydrogens is 457 g/mol. The number of carbonyl (C=O) groups is 1. The molecule has 6 bridgehead atoms. The first-order valence-electron chi connectivity index (χ1n) is 12.7. The third kappa shape index (κ3) is 3.51. The molecular formula is C27H26FN7O. The number of hydrogen-bond donors (Lipinski definition) is 2. The lowest BCUT2D eigenvalue weighted by Crippen LogP contribution is -2.27. The van der Waals surface area contributed by atoms with E-state index in [0.29, 0.717) is 41.7 Å². The van der Waals surface area contributed by atoms with Crippen molar-refractivity contribution < 1.29 is 9.18 Å². The van der Waals surface area contributed by atoms with Crippen LogP contribution in [0, 0.1) is 17.7 Å². The van der Waals surface area contributed by atoms with E-state index in [2.05, 4.69) is 27.2 Å². The van der Waals surface area contributed by atoms with Crippen LogP contribution in [-0.2, 0) is 4.79 Å². The molecule has 3 fully saturated rings. The minimum atomic E-state index is -0.378. The van der Waals surface area contributed by atoms with E-state index < -0.39 is 0 Å². The van der Waals surface area contributed by atoms with Gasteiger partial charge in [-0.25, -0.2) is 18.9 Å². The topological polar surface area (TPSA) is 101 Å². The molecule has 1 amide bonds. The van der Waals surface area contributed by atoms with Crippen molar-refractivity contribution in [2.45, 2.75) is 56.4 Å². The average molecular weight is 484 g/mol. The largest absolute Gasteiger partial charge is 0.382 e. The van der Waals surface area contributed by atoms with E-state index in [1.807, 2.05) is 17.0 Å². The Bertz CT molecular complexity index is 1510. The highest BCUT2D eigenvalue weighted by Crippen LogP contribution is 2.44. The molecule has 2 aliphatic carbocycles. The third-order valence-corrected chi connectivity index (χ3v) is 7.83. The van der Waals surface area contributed by atoms with Gasteiger partial charge in [-0.15, -0.1) is 0 Å². The molecule has 9 heteroatoms. The number of nitrogen functional groups attached to an aromatic ring is 1. The van der Waals surface area contributed by atoms with Crippen molar-refractivity contribution in [3.63, 3.8) is 0 Å². The number of amides is 1. The molecule has 2 saturated carbocycles. The molecule has 2 atom stereocenters. The van der Waals surface area contributed by atoms with Crippen molar-refractivity contribution in [3.05, 3.63) is 58.6 Å². The zero-order valence-corrected chi connectivity index (χ0v) is 19.8. The van der Waals surface area contributed by atoms with Gasteiger partial charge in [0, 0.05) is 42.7 Å². The Hall–Kier alpha value is -3.93. The van der Waals surface area contributed by atoms with Crippen LogP contribution in [0.5, 0.6) is 0 Å². The number of carbonyl (C=O) groups excluding carboxylic acids is 1. The van der Waals surface area contributed by atoms with Gasteiger partial charge < -0.3 is 16.0 Å². The summed E-state index contributed by atoms with van der Waals surface area (Å²) in [6, 6.07) is 3.80. The van der Waals surface area contributed by atoms with Crippen molar-refractivity contribution in [2.75, 3.05) is 24.1 Å². The van der Waals surface area contributed by atoms with Gasteiger partial charge in [-0.1, -0.05) is 11.5 Å². The summed E-state index contributed by atoms with van der Waals surface area (Å²) >= 11 is 0. The predicted octanol–water partition coefficient (Wildman–Crippen LogP) is 3.34. The number of nitrogens with one attached hydrogen (secondary N) is 1. The maximum atomic E-state index is 15.3. The monoisotopic (exact) mass is 483 g/mol. The summed E-state index contributed by atoms with van der Waals surface area (Å²) in [6.07, 6.45) is 8.98. The van der Waals surface area contributed by atoms with Crippen molar-refractivity contribution in [1.29, 1.82) is 0 Å². The third-order valence-electron chi connectivity index (χ3n) is 7.83. The fourth-order valence-electron chi connectivity index (χ4n) is 5.82. The zero-order valence-electron chi connectivity index (χ0n) is 19.8. The van der Waals surface area contributed by atoms with E-state index in [1.54, 1.807) is 10.6 Å². The molecule has 36 heavy (non-hydrogen) atoms. The lowest BCUT2D eigenvalue weighted by atomic mass is 9.90. The van der Waals surface area contributed by atoms with Gasteiger partial charge >= 0.3 is 0 Å². The molecule has 4 aliphatic rings. The smallest absolute Gasteiger partial charge is 0.246 e. The van der Waals surface area contributed by atoms with Crippen LogP contribution < -0.4 is 11.1 Å². The quantitative estimate of drug-likeness (QED) is 0.542. The van der Waals surface area contributed by atoms with E-state index >= 15 is 4.39 Å². The molecule has 3 N–H and O–H groups in total. The highest BCUT2D eigenvalue weighted by atomic mass is 19.1. The second kappa shape index (κ2) is 8.05. The first-order valence-corrected chi connectivity index (χ1v) is 12.7. The maximum Gasteiger partial charge on any atom is 0.246 e. The standard InChI is InChI=1S/C27H26FN7O/c28-21-12-23(32-18-5-6-18)20-10-16(21)4-7-22-25-26(29)30-14-31-35(25)27(33-22)17-8-9-34(13-17)24(36)11-15-2-1-3-19(15)20/h10-12,14,17-19,32H,1-3,5-6,8-9,13H2,(H2,29,30,31)/b15-11+/t17-,19?/m0/s1. The number of benzene rings is 1. The van der Waals surface area contributed by atoms with E-state index in [1.165, 1.54) is 6.33 Å². The maximum absolute atomic E-state index is 15.3. The van der Waals surface area contributed by atoms with Gasteiger partial charge in [0.15, 0.2) is 5.82 Å². The van der Waals surface area contributed by atoms with Crippen LogP contribution in [0.2, 0.25) is 0 Å². The van der Waals surface area contributed by atoms with E-state index in [-0.39, 0.29) is 29.4 Å². The van der Waals surface area contributed by atoms with Gasteiger partial charge in [0.2, 0.25) is 5.91 Å². The Morgan fingerprint density at radius 2 is 2.06 bits per heavy atom. The van der Waals surface area contributed by atoms with Gasteiger partial charge in [-0.2, -0.15) is 5.10 Å². The van der Waals surface area contributed by atoms with Crippen LogP contribution in [-0.4, -0.2) is 49.5 Å². The van der Waals surface area contributed by atoms with Crippen molar-refractivity contribution in [2.24, 2.45) is 0 Å². The number of aromatic nitrogens is 4. The van der Waals surface area contributed by atoms with Crippen molar-refractivity contribution >= 4 is 22.9 Å². The van der Waals surface area contributed by atoms with Crippen LogP contribution in [0.15, 0.2) is 30.1 Å². The fraction of sp³-hybridized carbons (Fsp3) is 0.407. The summed E-state index contributed by atoms with van der Waals surface area (Å²) in [5.41, 5.74) is 10.4. The number of nitrogens with zero attached hydrogens (tertiary/aromatic N) is 5. The Morgan fingerprint density at radius 1 is 1.17 bits per heavy atom. The highest BCUT2D eigenvalue weighted by Gasteiger charge is 2.33. The van der Waals surface area contributed by atoms with E-state index in [9.17, 15) is 4.79 Å². The average Bonchev–Trinajstić information content (AvgIpc) is 3.23. The zero-order chi connectivity index (χ0) is 24.4. The molecule has 0 spiro atoms. The highest BCUT2D eigenvalue weighted by molar-refractivity contribution is 5.89. The summed E-state index contributed by atoms with van der Waals surface area (Å²) in [5.74, 6) is 6.79. The molecule has 1 aromatic carbocycles. The normalized spacial score (nSPS) is 24.4. The lowest BCUT2D eigenvalue weighted by molar-refractivity contribution is -0.125. The second-order valence-corrected chi connectivity index (χ2v) is 10.2. The van der Waals surface area contributed by atoms with Crippen LogP contribution in [0.3, 0.4) is 0 Å². The van der Waals surface area contributed by atoms with E-state index in [4.69, 9.17) is 10.7 Å². The summed E-state index contributed by atoms with van der Waals surface area (Å²) in [4.78, 5) is 24.2. The van der Waals surface area contributed by atoms with Crippen molar-refractivity contribution in [1.82, 2.24) is 24.5 Å². The minimum Gasteiger partial charge on any atom is -0.382 e. The fourth-order valence-corrected chi connectivity index (χ4v) is 5.82. The summed E-state index contributed by atoms with van der Waals surface area (Å²) in [5, 5.41) is 7.89.